The summed E-state index contributed by atoms with van der Waals surface area (Å²) in [5.41, 5.74) is 0. The van der Waals surface area contributed by atoms with Crippen molar-refractivity contribution < 1.29 is 9.84 Å². The highest BCUT2D eigenvalue weighted by molar-refractivity contribution is 4.87. The lowest BCUT2D eigenvalue weighted by Gasteiger charge is -2.25. The zero-order valence-corrected chi connectivity index (χ0v) is 8.91. The van der Waals surface area contributed by atoms with Crippen molar-refractivity contribution in [1.82, 2.24) is 5.32 Å². The maximum Gasteiger partial charge on any atom is 0.0693 e. The Morgan fingerprint density at radius 1 is 1.36 bits per heavy atom. The van der Waals surface area contributed by atoms with Crippen LogP contribution in [-0.2, 0) is 4.74 Å². The van der Waals surface area contributed by atoms with Crippen LogP contribution in [-0.4, -0.2) is 36.5 Å². The molecule has 1 heterocycles. The largest absolute Gasteiger partial charge is 0.392 e. The van der Waals surface area contributed by atoms with Gasteiger partial charge < -0.3 is 15.2 Å². The number of aliphatic hydroxyl groups excluding tert-OH is 1. The molecule has 2 rings (SSSR count). The van der Waals surface area contributed by atoms with E-state index < -0.39 is 0 Å². The summed E-state index contributed by atoms with van der Waals surface area (Å²) in [5.74, 6) is 0.641. The minimum Gasteiger partial charge on any atom is -0.392 e. The quantitative estimate of drug-likeness (QED) is 0.710. The van der Waals surface area contributed by atoms with Crippen molar-refractivity contribution in [2.45, 2.75) is 50.8 Å². The molecule has 2 N–H and O–H groups in total. The predicted octanol–water partition coefficient (Wildman–Crippen LogP) is 0.914. The van der Waals surface area contributed by atoms with Crippen molar-refractivity contribution in [3.63, 3.8) is 0 Å². The summed E-state index contributed by atoms with van der Waals surface area (Å²) >= 11 is 0. The summed E-state index contributed by atoms with van der Waals surface area (Å²) in [6, 6.07) is 0.806. The van der Waals surface area contributed by atoms with Crippen LogP contribution in [0.1, 0.15) is 32.6 Å². The lowest BCUT2D eigenvalue weighted by molar-refractivity contribution is 0.132. The van der Waals surface area contributed by atoms with E-state index in [2.05, 4.69) is 12.2 Å². The molecule has 1 aliphatic heterocycles. The first-order valence-electron chi connectivity index (χ1n) is 5.79. The van der Waals surface area contributed by atoms with Crippen LogP contribution < -0.4 is 5.32 Å². The van der Waals surface area contributed by atoms with Crippen molar-refractivity contribution in [2.75, 3.05) is 13.2 Å². The molecule has 0 bridgehead atoms. The Kier molecular flexibility index (Phi) is 3.42. The monoisotopic (exact) mass is 199 g/mol. The van der Waals surface area contributed by atoms with Gasteiger partial charge in [0.1, 0.15) is 0 Å². The minimum absolute atomic E-state index is 0.125. The second kappa shape index (κ2) is 4.60. The fourth-order valence-electron chi connectivity index (χ4n) is 2.56. The van der Waals surface area contributed by atoms with Gasteiger partial charge in [0, 0.05) is 18.7 Å². The average Bonchev–Trinajstić information content (AvgIpc) is 2.77. The third kappa shape index (κ3) is 2.27. The van der Waals surface area contributed by atoms with E-state index >= 15 is 0 Å². The van der Waals surface area contributed by atoms with Gasteiger partial charge in [-0.05, 0) is 38.5 Å². The van der Waals surface area contributed by atoms with E-state index in [-0.39, 0.29) is 6.10 Å². The predicted molar refractivity (Wildman–Crippen MR) is 55.2 cm³/mol. The number of hydrogen-bond donors (Lipinski definition) is 2. The highest BCUT2D eigenvalue weighted by Crippen LogP contribution is 2.22. The molecule has 1 saturated carbocycles. The van der Waals surface area contributed by atoms with E-state index in [1.54, 1.807) is 0 Å². The SMILES string of the molecule is CC(N[C@H]1CCC[C@@H]1O)C1CCOC1. The molecule has 0 aromatic carbocycles. The lowest BCUT2D eigenvalue weighted by atomic mass is 9.99. The molecular weight excluding hydrogens is 178 g/mol. The van der Waals surface area contributed by atoms with Crippen LogP contribution in [0.25, 0.3) is 0 Å². The van der Waals surface area contributed by atoms with Crippen molar-refractivity contribution in [3.8, 4) is 0 Å². The van der Waals surface area contributed by atoms with E-state index in [4.69, 9.17) is 4.74 Å². The van der Waals surface area contributed by atoms with Gasteiger partial charge >= 0.3 is 0 Å². The number of ether oxygens (including phenoxy) is 1. The molecule has 1 aliphatic carbocycles. The van der Waals surface area contributed by atoms with Crippen molar-refractivity contribution in [2.24, 2.45) is 5.92 Å². The molecule has 82 valence electrons. The van der Waals surface area contributed by atoms with Crippen LogP contribution in [0.5, 0.6) is 0 Å². The van der Waals surface area contributed by atoms with Gasteiger partial charge in [0.25, 0.3) is 0 Å². The highest BCUT2D eigenvalue weighted by Gasteiger charge is 2.29. The number of hydrogen-bond acceptors (Lipinski definition) is 3. The fraction of sp³-hybridized carbons (Fsp3) is 1.00. The van der Waals surface area contributed by atoms with E-state index in [0.29, 0.717) is 18.0 Å². The van der Waals surface area contributed by atoms with Crippen LogP contribution in [0.2, 0.25) is 0 Å². The second-order valence-corrected chi connectivity index (χ2v) is 4.68. The fourth-order valence-corrected chi connectivity index (χ4v) is 2.56. The molecule has 0 amide bonds. The van der Waals surface area contributed by atoms with Crippen molar-refractivity contribution in [1.29, 1.82) is 0 Å². The summed E-state index contributed by atoms with van der Waals surface area (Å²) in [7, 11) is 0. The molecule has 0 radical (unpaired) electrons. The Hall–Kier alpha value is -0.120. The standard InChI is InChI=1S/C11H21NO2/c1-8(9-5-6-14-7-9)12-10-3-2-4-11(10)13/h8-13H,2-7H2,1H3/t8?,9?,10-,11-/m0/s1. The second-order valence-electron chi connectivity index (χ2n) is 4.68. The number of nitrogens with one attached hydrogen (secondary N) is 1. The zero-order chi connectivity index (χ0) is 9.97. The van der Waals surface area contributed by atoms with Gasteiger partial charge in [-0.15, -0.1) is 0 Å². The summed E-state index contributed by atoms with van der Waals surface area (Å²) < 4.78 is 5.37. The molecule has 3 heteroatoms. The van der Waals surface area contributed by atoms with Gasteiger partial charge in [0.2, 0.25) is 0 Å². The molecule has 4 atom stereocenters. The molecule has 2 aliphatic rings. The van der Waals surface area contributed by atoms with Crippen LogP contribution in [0.4, 0.5) is 0 Å². The normalized spacial score (nSPS) is 40.3. The first-order valence-corrected chi connectivity index (χ1v) is 5.79. The Labute approximate surface area is 85.8 Å². The molecular formula is C11H21NO2. The average molecular weight is 199 g/mol. The first kappa shape index (κ1) is 10.4. The molecule has 14 heavy (non-hydrogen) atoms. The van der Waals surface area contributed by atoms with Gasteiger partial charge in [-0.3, -0.25) is 0 Å². The van der Waals surface area contributed by atoms with Crippen molar-refractivity contribution >= 4 is 0 Å². The molecule has 0 spiro atoms. The third-order valence-electron chi connectivity index (χ3n) is 3.63. The Balaban J connectivity index is 1.78. The lowest BCUT2D eigenvalue weighted by Crippen LogP contribution is -2.44. The maximum atomic E-state index is 9.69. The van der Waals surface area contributed by atoms with E-state index in [1.165, 1.54) is 0 Å². The summed E-state index contributed by atoms with van der Waals surface area (Å²) in [5, 5.41) is 13.2. The maximum absolute atomic E-state index is 9.69. The summed E-state index contributed by atoms with van der Waals surface area (Å²) in [6.07, 6.45) is 4.29. The Bertz CT molecular complexity index is 180. The van der Waals surface area contributed by atoms with Gasteiger partial charge in [-0.25, -0.2) is 0 Å². The topological polar surface area (TPSA) is 41.5 Å². The van der Waals surface area contributed by atoms with Crippen molar-refractivity contribution in [3.05, 3.63) is 0 Å². The molecule has 0 aromatic rings. The summed E-state index contributed by atoms with van der Waals surface area (Å²) in [4.78, 5) is 0. The Morgan fingerprint density at radius 2 is 2.21 bits per heavy atom. The molecule has 0 aromatic heterocycles. The summed E-state index contributed by atoms with van der Waals surface area (Å²) in [6.45, 7) is 4.01. The van der Waals surface area contributed by atoms with Gasteiger partial charge in [-0.1, -0.05) is 0 Å². The molecule has 3 nitrogen and oxygen atoms in total. The highest BCUT2D eigenvalue weighted by atomic mass is 16.5. The molecule has 2 fully saturated rings. The zero-order valence-electron chi connectivity index (χ0n) is 8.91. The van der Waals surface area contributed by atoms with Crippen LogP contribution in [0, 0.1) is 5.92 Å². The van der Waals surface area contributed by atoms with E-state index in [0.717, 1.165) is 38.9 Å². The Morgan fingerprint density at radius 3 is 2.79 bits per heavy atom. The van der Waals surface area contributed by atoms with Crippen LogP contribution >= 0.6 is 0 Å². The van der Waals surface area contributed by atoms with E-state index in [9.17, 15) is 5.11 Å². The molecule has 1 saturated heterocycles. The number of rotatable bonds is 3. The van der Waals surface area contributed by atoms with Crippen LogP contribution in [0.15, 0.2) is 0 Å². The first-order chi connectivity index (χ1) is 6.77. The molecule has 2 unspecified atom stereocenters. The van der Waals surface area contributed by atoms with Gasteiger partial charge in [0.15, 0.2) is 0 Å². The minimum atomic E-state index is -0.125. The van der Waals surface area contributed by atoms with Crippen LogP contribution in [0.3, 0.4) is 0 Å². The van der Waals surface area contributed by atoms with E-state index in [1.807, 2.05) is 0 Å². The third-order valence-corrected chi connectivity index (χ3v) is 3.63. The smallest absolute Gasteiger partial charge is 0.0693 e. The number of aliphatic hydroxyl groups is 1. The van der Waals surface area contributed by atoms with Gasteiger partial charge in [-0.2, -0.15) is 0 Å². The van der Waals surface area contributed by atoms with Gasteiger partial charge in [0.05, 0.1) is 12.7 Å².